The number of fused-ring (bicyclic) bond motifs is 1. The zero-order valence-corrected chi connectivity index (χ0v) is 11.5. The Kier molecular flexibility index (Phi) is 3.31. The lowest BCUT2D eigenvalue weighted by Gasteiger charge is -2.02. The van der Waals surface area contributed by atoms with Crippen molar-refractivity contribution in [1.29, 1.82) is 0 Å². The van der Waals surface area contributed by atoms with E-state index in [9.17, 15) is 4.79 Å². The normalized spacial score (nSPS) is 10.9. The topological polar surface area (TPSA) is 99.0 Å². The van der Waals surface area contributed by atoms with E-state index in [0.29, 0.717) is 24.2 Å². The first kappa shape index (κ1) is 13.2. The molecule has 0 fully saturated rings. The summed E-state index contributed by atoms with van der Waals surface area (Å²) < 4.78 is 7.31. The minimum Gasteiger partial charge on any atom is -0.451 e. The quantitative estimate of drug-likeness (QED) is 0.700. The van der Waals surface area contributed by atoms with Gasteiger partial charge < -0.3 is 20.0 Å². The molecule has 108 valence electrons. The average molecular weight is 285 g/mol. The van der Waals surface area contributed by atoms with Crippen molar-refractivity contribution < 1.29 is 9.21 Å². The van der Waals surface area contributed by atoms with Gasteiger partial charge in [-0.1, -0.05) is 0 Å². The van der Waals surface area contributed by atoms with Crippen molar-refractivity contribution in [2.75, 3.05) is 12.3 Å². The summed E-state index contributed by atoms with van der Waals surface area (Å²) in [6.07, 6.45) is 2.23. The highest BCUT2D eigenvalue weighted by molar-refractivity contribution is 5.96. The molecule has 0 saturated carbocycles. The van der Waals surface area contributed by atoms with Crippen LogP contribution in [0.25, 0.3) is 11.0 Å². The Labute approximate surface area is 120 Å². The van der Waals surface area contributed by atoms with E-state index in [1.165, 1.54) is 0 Å². The fraction of sp³-hybridized carbons (Fsp3) is 0.214. The molecule has 7 heteroatoms. The summed E-state index contributed by atoms with van der Waals surface area (Å²) in [6, 6.07) is 6.95. The van der Waals surface area contributed by atoms with E-state index in [1.807, 2.05) is 11.6 Å². The molecule has 2 aromatic heterocycles. The van der Waals surface area contributed by atoms with E-state index in [1.54, 1.807) is 30.6 Å². The highest BCUT2D eigenvalue weighted by Gasteiger charge is 2.12. The predicted octanol–water partition coefficient (Wildman–Crippen LogP) is 1.12. The van der Waals surface area contributed by atoms with E-state index in [0.717, 1.165) is 11.2 Å². The maximum absolute atomic E-state index is 12.0. The number of amides is 1. The fourth-order valence-corrected chi connectivity index (χ4v) is 2.08. The Morgan fingerprint density at radius 2 is 2.29 bits per heavy atom. The molecule has 1 amide bonds. The van der Waals surface area contributed by atoms with Crippen molar-refractivity contribution >= 4 is 22.6 Å². The second kappa shape index (κ2) is 5.28. The molecule has 0 aliphatic rings. The Bertz CT molecular complexity index is 790. The lowest BCUT2D eigenvalue weighted by Crippen LogP contribution is -2.25. The number of furan rings is 1. The van der Waals surface area contributed by atoms with Gasteiger partial charge in [0, 0.05) is 31.1 Å². The first-order valence-electron chi connectivity index (χ1n) is 6.53. The van der Waals surface area contributed by atoms with E-state index in [4.69, 9.17) is 10.2 Å². The van der Waals surface area contributed by atoms with Crippen LogP contribution in [0.2, 0.25) is 0 Å². The SMILES string of the molecule is Cn1cnnc1CCNC(=O)c1cc2cc(N)ccc2o1. The molecule has 0 aliphatic carbocycles. The first-order valence-corrected chi connectivity index (χ1v) is 6.53. The number of anilines is 1. The van der Waals surface area contributed by atoms with Crippen LogP contribution < -0.4 is 11.1 Å². The number of benzene rings is 1. The number of nitrogen functional groups attached to an aromatic ring is 1. The van der Waals surface area contributed by atoms with Gasteiger partial charge in [0.1, 0.15) is 17.7 Å². The number of hydrogen-bond donors (Lipinski definition) is 2. The summed E-state index contributed by atoms with van der Waals surface area (Å²) in [5.41, 5.74) is 6.98. The van der Waals surface area contributed by atoms with Gasteiger partial charge in [-0.05, 0) is 24.3 Å². The zero-order chi connectivity index (χ0) is 14.8. The molecule has 0 radical (unpaired) electrons. The summed E-state index contributed by atoms with van der Waals surface area (Å²) in [5, 5.41) is 11.3. The summed E-state index contributed by atoms with van der Waals surface area (Å²) >= 11 is 0. The van der Waals surface area contributed by atoms with E-state index >= 15 is 0 Å². The number of aryl methyl sites for hydroxylation is 1. The van der Waals surface area contributed by atoms with Crippen LogP contribution in [0.4, 0.5) is 5.69 Å². The molecule has 0 saturated heterocycles. The molecule has 3 rings (SSSR count). The van der Waals surface area contributed by atoms with Crippen LogP contribution in [0.3, 0.4) is 0 Å². The number of aromatic nitrogens is 3. The third-order valence-corrected chi connectivity index (χ3v) is 3.20. The van der Waals surface area contributed by atoms with Crippen molar-refractivity contribution in [2.45, 2.75) is 6.42 Å². The second-order valence-electron chi connectivity index (χ2n) is 4.77. The van der Waals surface area contributed by atoms with Gasteiger partial charge in [-0.3, -0.25) is 4.79 Å². The molecule has 2 heterocycles. The van der Waals surface area contributed by atoms with Gasteiger partial charge in [-0.2, -0.15) is 0 Å². The number of nitrogens with one attached hydrogen (secondary N) is 1. The largest absolute Gasteiger partial charge is 0.451 e. The Hall–Kier alpha value is -2.83. The van der Waals surface area contributed by atoms with Crippen molar-refractivity contribution in [2.24, 2.45) is 7.05 Å². The van der Waals surface area contributed by atoms with Crippen LogP contribution in [0, 0.1) is 0 Å². The monoisotopic (exact) mass is 285 g/mol. The van der Waals surface area contributed by atoms with Crippen LogP contribution in [-0.2, 0) is 13.5 Å². The van der Waals surface area contributed by atoms with Gasteiger partial charge in [-0.15, -0.1) is 10.2 Å². The van der Waals surface area contributed by atoms with Crippen molar-refractivity contribution in [1.82, 2.24) is 20.1 Å². The fourth-order valence-electron chi connectivity index (χ4n) is 2.08. The highest BCUT2D eigenvalue weighted by atomic mass is 16.3. The number of hydrogen-bond acceptors (Lipinski definition) is 5. The summed E-state index contributed by atoms with van der Waals surface area (Å²) in [7, 11) is 1.86. The average Bonchev–Trinajstić information content (AvgIpc) is 3.05. The summed E-state index contributed by atoms with van der Waals surface area (Å²) in [4.78, 5) is 12.0. The van der Waals surface area contributed by atoms with Crippen LogP contribution in [0.1, 0.15) is 16.4 Å². The van der Waals surface area contributed by atoms with E-state index in [2.05, 4.69) is 15.5 Å². The molecular weight excluding hydrogens is 270 g/mol. The Morgan fingerprint density at radius 1 is 1.43 bits per heavy atom. The summed E-state index contributed by atoms with van der Waals surface area (Å²) in [5.74, 6) is 0.827. The van der Waals surface area contributed by atoms with Crippen LogP contribution in [0.15, 0.2) is 35.0 Å². The van der Waals surface area contributed by atoms with Crippen molar-refractivity contribution in [3.63, 3.8) is 0 Å². The molecule has 3 N–H and O–H groups in total. The number of carbonyl (C=O) groups excluding carboxylic acids is 1. The van der Waals surface area contributed by atoms with Crippen LogP contribution >= 0.6 is 0 Å². The standard InChI is InChI=1S/C14H15N5O2/c1-19-8-17-18-13(19)4-5-16-14(20)12-7-9-6-10(15)2-3-11(9)21-12/h2-3,6-8H,4-5,15H2,1H3,(H,16,20). The number of rotatable bonds is 4. The maximum atomic E-state index is 12.0. The third kappa shape index (κ3) is 2.71. The molecule has 3 aromatic rings. The first-order chi connectivity index (χ1) is 10.1. The van der Waals surface area contributed by atoms with Crippen LogP contribution in [0.5, 0.6) is 0 Å². The molecule has 0 aliphatic heterocycles. The number of nitrogens with two attached hydrogens (primary N) is 1. The lowest BCUT2D eigenvalue weighted by atomic mass is 10.2. The van der Waals surface area contributed by atoms with Gasteiger partial charge in [0.2, 0.25) is 0 Å². The van der Waals surface area contributed by atoms with Crippen molar-refractivity contribution in [3.05, 3.63) is 42.2 Å². The molecule has 1 aromatic carbocycles. The van der Waals surface area contributed by atoms with Gasteiger partial charge in [0.05, 0.1) is 0 Å². The zero-order valence-electron chi connectivity index (χ0n) is 11.5. The third-order valence-electron chi connectivity index (χ3n) is 3.20. The molecule has 21 heavy (non-hydrogen) atoms. The maximum Gasteiger partial charge on any atom is 0.287 e. The molecular formula is C14H15N5O2. The molecule has 7 nitrogen and oxygen atoms in total. The number of nitrogens with zero attached hydrogens (tertiary/aromatic N) is 3. The Morgan fingerprint density at radius 3 is 3.05 bits per heavy atom. The van der Waals surface area contributed by atoms with Crippen LogP contribution in [-0.4, -0.2) is 27.2 Å². The summed E-state index contributed by atoms with van der Waals surface area (Å²) in [6.45, 7) is 0.463. The minimum atomic E-state index is -0.257. The van der Waals surface area contributed by atoms with Gasteiger partial charge in [-0.25, -0.2) is 0 Å². The van der Waals surface area contributed by atoms with E-state index < -0.39 is 0 Å². The van der Waals surface area contributed by atoms with Gasteiger partial charge >= 0.3 is 0 Å². The van der Waals surface area contributed by atoms with Gasteiger partial charge in [0.25, 0.3) is 5.91 Å². The predicted molar refractivity (Wildman–Crippen MR) is 77.7 cm³/mol. The van der Waals surface area contributed by atoms with Crippen molar-refractivity contribution in [3.8, 4) is 0 Å². The Balaban J connectivity index is 1.65. The molecule has 0 spiro atoms. The molecule has 0 atom stereocenters. The van der Waals surface area contributed by atoms with E-state index in [-0.39, 0.29) is 11.7 Å². The molecule has 0 bridgehead atoms. The number of carbonyl (C=O) groups is 1. The molecule has 0 unspecified atom stereocenters. The van der Waals surface area contributed by atoms with Gasteiger partial charge in [0.15, 0.2) is 5.76 Å². The highest BCUT2D eigenvalue weighted by Crippen LogP contribution is 2.21. The second-order valence-corrected chi connectivity index (χ2v) is 4.77. The smallest absolute Gasteiger partial charge is 0.287 e. The lowest BCUT2D eigenvalue weighted by molar-refractivity contribution is 0.0928. The minimum absolute atomic E-state index is 0.257.